The third kappa shape index (κ3) is 3.82. The van der Waals surface area contributed by atoms with Crippen molar-refractivity contribution in [2.45, 2.75) is 20.8 Å². The van der Waals surface area contributed by atoms with Crippen LogP contribution in [0.4, 0.5) is 5.69 Å². The molecule has 1 aromatic carbocycles. The summed E-state index contributed by atoms with van der Waals surface area (Å²) in [6.45, 7) is 7.18. The average Bonchev–Trinajstić information content (AvgIpc) is 2.74. The highest BCUT2D eigenvalue weighted by molar-refractivity contribution is 5.93. The van der Waals surface area contributed by atoms with E-state index in [0.717, 1.165) is 16.8 Å². The summed E-state index contributed by atoms with van der Waals surface area (Å²) in [5.41, 5.74) is 2.94. The molecule has 1 saturated heterocycles. The van der Waals surface area contributed by atoms with Crippen LogP contribution in [0.25, 0.3) is 0 Å². The Balaban J connectivity index is 1.94. The van der Waals surface area contributed by atoms with E-state index in [2.05, 4.69) is 5.32 Å². The van der Waals surface area contributed by atoms with E-state index in [1.54, 1.807) is 0 Å². The quantitative estimate of drug-likeness (QED) is 0.888. The number of rotatable bonds is 4. The van der Waals surface area contributed by atoms with Crippen LogP contribution in [0.3, 0.4) is 0 Å². The van der Waals surface area contributed by atoms with Crippen molar-refractivity contribution in [1.29, 1.82) is 0 Å². The van der Waals surface area contributed by atoms with Crippen LogP contribution in [0, 0.1) is 25.7 Å². The average molecular weight is 290 g/mol. The Morgan fingerprint density at radius 3 is 2.67 bits per heavy atom. The molecule has 21 heavy (non-hydrogen) atoms. The minimum absolute atomic E-state index is 0.0796. The number of hydrogen-bond donors (Lipinski definition) is 2. The smallest absolute Gasteiger partial charge is 0.308 e. The van der Waals surface area contributed by atoms with Crippen LogP contribution >= 0.6 is 0 Å². The summed E-state index contributed by atoms with van der Waals surface area (Å²) >= 11 is 0. The van der Waals surface area contributed by atoms with Crippen molar-refractivity contribution in [2.75, 3.05) is 25.0 Å². The predicted octanol–water partition coefficient (Wildman–Crippen LogP) is 1.89. The highest BCUT2D eigenvalue weighted by atomic mass is 16.4. The Labute approximate surface area is 125 Å². The summed E-state index contributed by atoms with van der Waals surface area (Å²) in [5.74, 6) is -1.17. The molecule has 1 aliphatic rings. The van der Waals surface area contributed by atoms with Crippen LogP contribution in [0.2, 0.25) is 0 Å². The lowest BCUT2D eigenvalue weighted by Gasteiger charge is -2.16. The van der Waals surface area contributed by atoms with Crippen LogP contribution in [-0.2, 0) is 9.59 Å². The molecule has 0 aliphatic carbocycles. The molecule has 1 fully saturated rings. The van der Waals surface area contributed by atoms with Crippen LogP contribution in [0.5, 0.6) is 0 Å². The van der Waals surface area contributed by atoms with Crippen molar-refractivity contribution >= 4 is 17.6 Å². The summed E-state index contributed by atoms with van der Waals surface area (Å²) in [4.78, 5) is 25.1. The first-order valence-corrected chi connectivity index (χ1v) is 7.19. The summed E-state index contributed by atoms with van der Waals surface area (Å²) in [6.07, 6.45) is 0. The van der Waals surface area contributed by atoms with Gasteiger partial charge in [-0.25, -0.2) is 0 Å². The largest absolute Gasteiger partial charge is 0.481 e. The lowest BCUT2D eigenvalue weighted by Crippen LogP contribution is -2.32. The van der Waals surface area contributed by atoms with Crippen molar-refractivity contribution in [1.82, 2.24) is 4.90 Å². The molecule has 1 aliphatic heterocycles. The van der Waals surface area contributed by atoms with E-state index in [0.29, 0.717) is 13.1 Å². The second-order valence-corrected chi connectivity index (χ2v) is 5.98. The number of nitrogens with one attached hydrogen (secondary N) is 1. The monoisotopic (exact) mass is 290 g/mol. The van der Waals surface area contributed by atoms with Gasteiger partial charge in [-0.05, 0) is 37.0 Å². The van der Waals surface area contributed by atoms with E-state index in [9.17, 15) is 9.59 Å². The minimum Gasteiger partial charge on any atom is -0.481 e. The minimum atomic E-state index is -0.778. The van der Waals surface area contributed by atoms with Crippen LogP contribution < -0.4 is 5.32 Å². The fraction of sp³-hybridized carbons (Fsp3) is 0.500. The van der Waals surface area contributed by atoms with E-state index in [-0.39, 0.29) is 24.3 Å². The number of aliphatic carboxylic acids is 1. The second kappa shape index (κ2) is 6.26. The topological polar surface area (TPSA) is 69.6 Å². The molecule has 1 aromatic rings. The van der Waals surface area contributed by atoms with E-state index in [4.69, 9.17) is 5.11 Å². The highest BCUT2D eigenvalue weighted by Crippen LogP contribution is 2.23. The number of carboxylic acids is 1. The predicted molar refractivity (Wildman–Crippen MR) is 81.3 cm³/mol. The lowest BCUT2D eigenvalue weighted by atomic mass is 9.99. The Kier molecular flexibility index (Phi) is 4.63. The van der Waals surface area contributed by atoms with E-state index in [1.807, 2.05) is 43.9 Å². The Bertz CT molecular complexity index is 556. The molecule has 5 heteroatoms. The number of nitrogens with zero attached hydrogens (tertiary/aromatic N) is 1. The van der Waals surface area contributed by atoms with E-state index >= 15 is 0 Å². The molecule has 2 atom stereocenters. The molecule has 0 spiro atoms. The molecular weight excluding hydrogens is 268 g/mol. The van der Waals surface area contributed by atoms with Crippen molar-refractivity contribution < 1.29 is 14.7 Å². The van der Waals surface area contributed by atoms with Crippen molar-refractivity contribution in [3.8, 4) is 0 Å². The van der Waals surface area contributed by atoms with Crippen molar-refractivity contribution in [3.05, 3.63) is 29.3 Å². The van der Waals surface area contributed by atoms with Gasteiger partial charge in [0.1, 0.15) is 0 Å². The first-order valence-electron chi connectivity index (χ1n) is 7.19. The van der Waals surface area contributed by atoms with Gasteiger partial charge in [0.2, 0.25) is 5.91 Å². The maximum Gasteiger partial charge on any atom is 0.308 e. The van der Waals surface area contributed by atoms with Gasteiger partial charge >= 0.3 is 5.97 Å². The number of benzene rings is 1. The Morgan fingerprint density at radius 1 is 1.33 bits per heavy atom. The summed E-state index contributed by atoms with van der Waals surface area (Å²) < 4.78 is 0. The molecule has 2 rings (SSSR count). The zero-order valence-corrected chi connectivity index (χ0v) is 12.7. The molecule has 1 amide bonds. The van der Waals surface area contributed by atoms with E-state index in [1.165, 1.54) is 0 Å². The Morgan fingerprint density at radius 2 is 2.05 bits per heavy atom. The number of anilines is 1. The number of likely N-dealkylation sites (tertiary alicyclic amines) is 1. The number of hydrogen-bond acceptors (Lipinski definition) is 3. The SMILES string of the molecule is Cc1ccc(C)c(NC(=O)CN2CC(C)C(C(=O)O)C2)c1. The van der Waals surface area contributed by atoms with Gasteiger partial charge in [0.05, 0.1) is 12.5 Å². The summed E-state index contributed by atoms with van der Waals surface area (Å²) in [5, 5.41) is 12.0. The highest BCUT2D eigenvalue weighted by Gasteiger charge is 2.35. The molecule has 2 N–H and O–H groups in total. The molecule has 1 heterocycles. The molecule has 2 unspecified atom stereocenters. The standard InChI is InChI=1S/C16H22N2O3/c1-10-4-5-11(2)14(6-10)17-15(19)9-18-7-12(3)13(8-18)16(20)21/h4-6,12-13H,7-9H2,1-3H3,(H,17,19)(H,20,21). The normalized spacial score (nSPS) is 22.2. The fourth-order valence-corrected chi connectivity index (χ4v) is 2.78. The van der Waals surface area contributed by atoms with Gasteiger partial charge in [-0.1, -0.05) is 19.1 Å². The first kappa shape index (κ1) is 15.5. The van der Waals surface area contributed by atoms with Gasteiger partial charge in [-0.2, -0.15) is 0 Å². The number of carbonyl (C=O) groups is 2. The maximum absolute atomic E-state index is 12.1. The molecule has 0 radical (unpaired) electrons. The summed E-state index contributed by atoms with van der Waals surface area (Å²) in [7, 11) is 0. The Hall–Kier alpha value is -1.88. The second-order valence-electron chi connectivity index (χ2n) is 5.98. The van der Waals surface area contributed by atoms with Crippen molar-refractivity contribution in [2.24, 2.45) is 11.8 Å². The van der Waals surface area contributed by atoms with Gasteiger partial charge in [-0.15, -0.1) is 0 Å². The maximum atomic E-state index is 12.1. The zero-order chi connectivity index (χ0) is 15.6. The number of carboxylic acid groups (broad SMARTS) is 1. The third-order valence-electron chi connectivity index (χ3n) is 4.04. The molecule has 0 aromatic heterocycles. The van der Waals surface area contributed by atoms with Gasteiger partial charge in [0, 0.05) is 18.8 Å². The van der Waals surface area contributed by atoms with E-state index < -0.39 is 5.97 Å². The first-order chi connectivity index (χ1) is 9.86. The molecule has 0 bridgehead atoms. The van der Waals surface area contributed by atoms with Gasteiger partial charge in [0.15, 0.2) is 0 Å². The number of amides is 1. The molecular formula is C16H22N2O3. The van der Waals surface area contributed by atoms with Gasteiger partial charge in [0.25, 0.3) is 0 Å². The number of carbonyl (C=O) groups excluding carboxylic acids is 1. The fourth-order valence-electron chi connectivity index (χ4n) is 2.78. The van der Waals surface area contributed by atoms with Gasteiger partial charge < -0.3 is 10.4 Å². The number of aryl methyl sites for hydroxylation is 2. The molecule has 114 valence electrons. The van der Waals surface area contributed by atoms with Crippen LogP contribution in [0.1, 0.15) is 18.1 Å². The zero-order valence-electron chi connectivity index (χ0n) is 12.7. The molecule has 5 nitrogen and oxygen atoms in total. The van der Waals surface area contributed by atoms with Crippen molar-refractivity contribution in [3.63, 3.8) is 0 Å². The molecule has 0 saturated carbocycles. The van der Waals surface area contributed by atoms with Gasteiger partial charge in [-0.3, -0.25) is 14.5 Å². The third-order valence-corrected chi connectivity index (χ3v) is 4.04. The van der Waals surface area contributed by atoms with Crippen LogP contribution in [0.15, 0.2) is 18.2 Å². The van der Waals surface area contributed by atoms with Crippen LogP contribution in [-0.4, -0.2) is 41.5 Å². The summed E-state index contributed by atoms with van der Waals surface area (Å²) in [6, 6.07) is 5.92. The lowest BCUT2D eigenvalue weighted by molar-refractivity contribution is -0.142.